The van der Waals surface area contributed by atoms with Crippen LogP contribution in [0.5, 0.6) is 0 Å². The van der Waals surface area contributed by atoms with E-state index in [1.807, 2.05) is 0 Å². The summed E-state index contributed by atoms with van der Waals surface area (Å²) in [7, 11) is 1.35. The van der Waals surface area contributed by atoms with E-state index in [1.165, 1.54) is 20.9 Å². The quantitative estimate of drug-likeness (QED) is 0.318. The Morgan fingerprint density at radius 2 is 2.00 bits per heavy atom. The lowest BCUT2D eigenvalue weighted by Crippen LogP contribution is -2.41. The monoisotopic (exact) mass is 285 g/mol. The van der Waals surface area contributed by atoms with Gasteiger partial charge in [-0.25, -0.2) is 4.79 Å². The molecular formula is C11H15N3O6. The number of nitrogens with zero attached hydrogens (tertiary/aromatic N) is 3. The molecule has 0 spiro atoms. The summed E-state index contributed by atoms with van der Waals surface area (Å²) in [6.07, 6.45) is 0.217. The van der Waals surface area contributed by atoms with Gasteiger partial charge in [-0.3, -0.25) is 28.8 Å². The number of nitro groups is 1. The van der Waals surface area contributed by atoms with Crippen LogP contribution in [0.2, 0.25) is 0 Å². The van der Waals surface area contributed by atoms with Gasteiger partial charge in [-0.15, -0.1) is 0 Å². The van der Waals surface area contributed by atoms with Crippen molar-refractivity contribution in [1.29, 1.82) is 0 Å². The summed E-state index contributed by atoms with van der Waals surface area (Å²) in [4.78, 5) is 44.5. The number of carbonyl (C=O) groups is 1. The second kappa shape index (κ2) is 6.13. The molecule has 0 atom stereocenters. The fraction of sp³-hybridized carbons (Fsp3) is 0.545. The van der Waals surface area contributed by atoms with E-state index in [0.29, 0.717) is 0 Å². The van der Waals surface area contributed by atoms with Gasteiger partial charge in [0.2, 0.25) is 0 Å². The fourth-order valence-corrected chi connectivity index (χ4v) is 1.70. The first-order valence-corrected chi connectivity index (χ1v) is 5.85. The van der Waals surface area contributed by atoms with Gasteiger partial charge in [0.1, 0.15) is 5.69 Å². The SMILES string of the molecule is CC(=O)OCCCn1c(=O)c([N+](=O)[O-])c(C)n(C)c1=O. The van der Waals surface area contributed by atoms with Crippen molar-refractivity contribution in [3.63, 3.8) is 0 Å². The van der Waals surface area contributed by atoms with Crippen LogP contribution in [0.4, 0.5) is 5.69 Å². The van der Waals surface area contributed by atoms with Crippen molar-refractivity contribution in [3.05, 3.63) is 36.6 Å². The van der Waals surface area contributed by atoms with E-state index < -0.39 is 27.8 Å². The predicted octanol–water partition coefficient (Wildman–Crippen LogP) is -0.283. The number of carbonyl (C=O) groups excluding carboxylic acids is 1. The van der Waals surface area contributed by atoms with Gasteiger partial charge in [0, 0.05) is 20.5 Å². The van der Waals surface area contributed by atoms with Crippen molar-refractivity contribution in [2.75, 3.05) is 6.61 Å². The van der Waals surface area contributed by atoms with Gasteiger partial charge in [0.15, 0.2) is 0 Å². The Morgan fingerprint density at radius 1 is 1.40 bits per heavy atom. The van der Waals surface area contributed by atoms with Gasteiger partial charge in [-0.1, -0.05) is 0 Å². The summed E-state index contributed by atoms with van der Waals surface area (Å²) in [5.41, 5.74) is -2.21. The largest absolute Gasteiger partial charge is 0.466 e. The molecule has 0 radical (unpaired) electrons. The van der Waals surface area contributed by atoms with Crippen LogP contribution in [0.1, 0.15) is 19.0 Å². The van der Waals surface area contributed by atoms with Gasteiger partial charge in [0.25, 0.3) is 0 Å². The highest BCUT2D eigenvalue weighted by Gasteiger charge is 2.23. The Bertz CT molecular complexity index is 657. The highest BCUT2D eigenvalue weighted by Crippen LogP contribution is 2.08. The molecule has 1 heterocycles. The molecule has 0 aromatic carbocycles. The van der Waals surface area contributed by atoms with E-state index in [4.69, 9.17) is 0 Å². The van der Waals surface area contributed by atoms with Crippen molar-refractivity contribution in [2.45, 2.75) is 26.8 Å². The predicted molar refractivity (Wildman–Crippen MR) is 68.6 cm³/mol. The Hall–Kier alpha value is -2.45. The molecular weight excluding hydrogens is 270 g/mol. The highest BCUT2D eigenvalue weighted by atomic mass is 16.6. The van der Waals surface area contributed by atoms with Gasteiger partial charge < -0.3 is 4.74 Å². The zero-order valence-electron chi connectivity index (χ0n) is 11.4. The molecule has 0 N–H and O–H groups in total. The Balaban J connectivity index is 3.14. The third kappa shape index (κ3) is 3.11. The van der Waals surface area contributed by atoms with Gasteiger partial charge >= 0.3 is 22.9 Å². The minimum Gasteiger partial charge on any atom is -0.466 e. The van der Waals surface area contributed by atoms with E-state index in [9.17, 15) is 24.5 Å². The molecule has 1 rings (SSSR count). The molecule has 9 heteroatoms. The van der Waals surface area contributed by atoms with Gasteiger partial charge in [-0.05, 0) is 13.3 Å². The second-order valence-electron chi connectivity index (χ2n) is 4.18. The van der Waals surface area contributed by atoms with Crippen LogP contribution in [0.15, 0.2) is 9.59 Å². The highest BCUT2D eigenvalue weighted by molar-refractivity contribution is 5.65. The van der Waals surface area contributed by atoms with E-state index in [2.05, 4.69) is 4.74 Å². The van der Waals surface area contributed by atoms with Crippen LogP contribution < -0.4 is 11.2 Å². The average molecular weight is 285 g/mol. The van der Waals surface area contributed by atoms with Crippen LogP contribution in [-0.4, -0.2) is 26.6 Å². The average Bonchev–Trinajstić information content (AvgIpc) is 2.34. The molecule has 0 amide bonds. The maximum atomic E-state index is 11.9. The Labute approximate surface area is 113 Å². The lowest BCUT2D eigenvalue weighted by molar-refractivity contribution is -0.387. The fourth-order valence-electron chi connectivity index (χ4n) is 1.70. The number of aromatic nitrogens is 2. The zero-order chi connectivity index (χ0) is 15.4. The maximum Gasteiger partial charge on any atom is 0.353 e. The lowest BCUT2D eigenvalue weighted by atomic mass is 10.3. The van der Waals surface area contributed by atoms with E-state index >= 15 is 0 Å². The molecule has 1 aromatic heterocycles. The van der Waals surface area contributed by atoms with Crippen molar-refractivity contribution >= 4 is 11.7 Å². The topological polar surface area (TPSA) is 113 Å². The van der Waals surface area contributed by atoms with Crippen molar-refractivity contribution in [2.24, 2.45) is 7.05 Å². The van der Waals surface area contributed by atoms with E-state index in [1.54, 1.807) is 0 Å². The summed E-state index contributed by atoms with van der Waals surface area (Å²) >= 11 is 0. The smallest absolute Gasteiger partial charge is 0.353 e. The van der Waals surface area contributed by atoms with Gasteiger partial charge in [-0.2, -0.15) is 0 Å². The molecule has 0 saturated heterocycles. The normalized spacial score (nSPS) is 10.3. The maximum absolute atomic E-state index is 11.9. The molecule has 0 aliphatic rings. The van der Waals surface area contributed by atoms with Crippen LogP contribution >= 0.6 is 0 Å². The van der Waals surface area contributed by atoms with E-state index in [0.717, 1.165) is 9.13 Å². The minimum absolute atomic E-state index is 0.00114. The zero-order valence-corrected chi connectivity index (χ0v) is 11.4. The first-order valence-electron chi connectivity index (χ1n) is 5.85. The summed E-state index contributed by atoms with van der Waals surface area (Å²) in [6, 6.07) is 0. The van der Waals surface area contributed by atoms with Crippen LogP contribution in [0.25, 0.3) is 0 Å². The summed E-state index contributed by atoms with van der Waals surface area (Å²) in [5, 5.41) is 10.9. The first-order chi connectivity index (χ1) is 9.27. The molecule has 0 aliphatic heterocycles. The molecule has 0 unspecified atom stereocenters. The van der Waals surface area contributed by atoms with Crippen LogP contribution in [0, 0.1) is 17.0 Å². The van der Waals surface area contributed by atoms with Crippen molar-refractivity contribution in [3.8, 4) is 0 Å². The molecule has 9 nitrogen and oxygen atoms in total. The molecule has 1 aromatic rings. The number of esters is 1. The molecule has 20 heavy (non-hydrogen) atoms. The summed E-state index contributed by atoms with van der Waals surface area (Å²) < 4.78 is 6.50. The minimum atomic E-state index is -0.946. The van der Waals surface area contributed by atoms with Crippen molar-refractivity contribution < 1.29 is 14.5 Å². The lowest BCUT2D eigenvalue weighted by Gasteiger charge is -2.09. The first kappa shape index (κ1) is 15.6. The molecule has 0 saturated carbocycles. The second-order valence-corrected chi connectivity index (χ2v) is 4.18. The molecule has 0 aliphatic carbocycles. The molecule has 0 fully saturated rings. The van der Waals surface area contributed by atoms with Crippen LogP contribution in [0.3, 0.4) is 0 Å². The third-order valence-electron chi connectivity index (χ3n) is 2.83. The van der Waals surface area contributed by atoms with Crippen LogP contribution in [-0.2, 0) is 23.1 Å². The standard InChI is InChI=1S/C11H15N3O6/c1-7-9(14(18)19)10(16)13(11(17)12(7)3)5-4-6-20-8(2)15/h4-6H2,1-3H3. The summed E-state index contributed by atoms with van der Waals surface area (Å²) in [5.74, 6) is -0.472. The number of rotatable bonds is 5. The number of ether oxygens (including phenoxy) is 1. The van der Waals surface area contributed by atoms with Gasteiger partial charge in [0.05, 0.1) is 11.5 Å². The Kier molecular flexibility index (Phi) is 4.78. The number of hydrogen-bond donors (Lipinski definition) is 0. The summed E-state index contributed by atoms with van der Waals surface area (Å²) in [6.45, 7) is 2.55. The Morgan fingerprint density at radius 3 is 2.50 bits per heavy atom. The third-order valence-corrected chi connectivity index (χ3v) is 2.83. The molecule has 0 bridgehead atoms. The van der Waals surface area contributed by atoms with Crippen molar-refractivity contribution in [1.82, 2.24) is 9.13 Å². The number of hydrogen-bond acceptors (Lipinski definition) is 6. The van der Waals surface area contributed by atoms with E-state index in [-0.39, 0.29) is 25.3 Å². The molecule has 110 valence electrons.